The van der Waals surface area contributed by atoms with Crippen molar-refractivity contribution >= 4 is 17.3 Å². The van der Waals surface area contributed by atoms with Crippen LogP contribution in [0.15, 0.2) is 103 Å². The van der Waals surface area contributed by atoms with Gasteiger partial charge in [0, 0.05) is 19.3 Å². The van der Waals surface area contributed by atoms with Gasteiger partial charge in [0.25, 0.3) is 0 Å². The summed E-state index contributed by atoms with van der Waals surface area (Å²) in [7, 11) is 0. The highest BCUT2D eigenvalue weighted by Gasteiger charge is 2.11. The number of rotatable bonds is 6. The molecule has 0 saturated heterocycles. The van der Waals surface area contributed by atoms with Crippen LogP contribution in [0, 0.1) is 27.7 Å². The van der Waals surface area contributed by atoms with Gasteiger partial charge < -0.3 is 0 Å². The molecule has 0 amide bonds. The molecule has 0 N–H and O–H groups in total. The zero-order valence-electron chi connectivity index (χ0n) is 25.2. The Morgan fingerprint density at radius 3 is 0.925 bits per heavy atom. The topological polar surface area (TPSA) is 51.2 Å². The van der Waals surface area contributed by atoms with E-state index in [-0.39, 0.29) is 17.3 Å². The Labute approximate surface area is 241 Å². The largest absolute Gasteiger partial charge is 0.300 e. The fourth-order valence-corrected chi connectivity index (χ4v) is 3.81. The molecule has 3 heteroatoms. The summed E-state index contributed by atoms with van der Waals surface area (Å²) in [5.74, 6) is 0.236. The summed E-state index contributed by atoms with van der Waals surface area (Å²) in [4.78, 5) is 33.8. The Morgan fingerprint density at radius 1 is 0.450 bits per heavy atom. The minimum absolute atomic E-state index is 0.0754. The zero-order chi connectivity index (χ0) is 29.9. The molecule has 0 aliphatic rings. The summed E-state index contributed by atoms with van der Waals surface area (Å²) >= 11 is 0. The minimum Gasteiger partial charge on any atom is -0.300 e. The van der Waals surface area contributed by atoms with Crippen LogP contribution in [-0.2, 0) is 33.6 Å². The molecule has 0 spiro atoms. The van der Waals surface area contributed by atoms with Crippen molar-refractivity contribution in [1.82, 2.24) is 0 Å². The maximum absolute atomic E-state index is 11.3. The number of carbonyl (C=O) groups excluding carboxylic acids is 3. The van der Waals surface area contributed by atoms with E-state index in [9.17, 15) is 14.4 Å². The van der Waals surface area contributed by atoms with Gasteiger partial charge in [-0.1, -0.05) is 120 Å². The summed E-state index contributed by atoms with van der Waals surface area (Å²) in [6.07, 6.45) is 1.04. The average molecular weight is 537 g/mol. The summed E-state index contributed by atoms with van der Waals surface area (Å²) in [6, 6.07) is 34.6. The van der Waals surface area contributed by atoms with Gasteiger partial charge in [0.05, 0.1) is 0 Å². The summed E-state index contributed by atoms with van der Waals surface area (Å²) in [5.41, 5.74) is 7.67. The van der Waals surface area contributed by atoms with Crippen LogP contribution >= 0.6 is 0 Å². The first kappa shape index (κ1) is 33.9. The quantitative estimate of drug-likeness (QED) is 0.249. The van der Waals surface area contributed by atoms with Gasteiger partial charge in [-0.2, -0.15) is 0 Å². The number of benzene rings is 4. The fraction of sp³-hybridized carbons (Fsp3) is 0.270. The Kier molecular flexibility index (Phi) is 16.1. The van der Waals surface area contributed by atoms with E-state index in [4.69, 9.17) is 0 Å². The lowest BCUT2D eigenvalue weighted by Gasteiger charge is -2.12. The molecule has 0 fully saturated rings. The first-order valence-electron chi connectivity index (χ1n) is 13.6. The Balaban J connectivity index is 0.000000308. The monoisotopic (exact) mass is 536 g/mol. The van der Waals surface area contributed by atoms with Crippen LogP contribution in [0.2, 0.25) is 0 Å². The number of hydrogen-bond donors (Lipinski definition) is 0. The van der Waals surface area contributed by atoms with Crippen molar-refractivity contribution in [2.24, 2.45) is 0 Å². The van der Waals surface area contributed by atoms with Gasteiger partial charge in [-0.25, -0.2) is 0 Å². The lowest BCUT2D eigenvalue weighted by molar-refractivity contribution is -0.117. The van der Waals surface area contributed by atoms with Crippen LogP contribution < -0.4 is 0 Å². The van der Waals surface area contributed by atoms with E-state index < -0.39 is 0 Å². The number of hydrogen-bond acceptors (Lipinski definition) is 3. The number of aryl methyl sites for hydroxylation is 3. The minimum atomic E-state index is 0.0754. The van der Waals surface area contributed by atoms with Crippen LogP contribution in [0.4, 0.5) is 0 Å². The molecular weight excluding hydrogens is 492 g/mol. The lowest BCUT2D eigenvalue weighted by Crippen LogP contribution is -2.08. The van der Waals surface area contributed by atoms with Crippen LogP contribution in [0.1, 0.15) is 59.7 Å². The first-order chi connectivity index (χ1) is 19.0. The smallest absolute Gasteiger partial charge is 0.134 e. The second-order valence-electron chi connectivity index (χ2n) is 10.1. The first-order valence-corrected chi connectivity index (χ1v) is 13.6. The molecule has 40 heavy (non-hydrogen) atoms. The van der Waals surface area contributed by atoms with Gasteiger partial charge >= 0.3 is 0 Å². The van der Waals surface area contributed by atoms with E-state index in [0.29, 0.717) is 19.3 Å². The third-order valence-electron chi connectivity index (χ3n) is 5.84. The van der Waals surface area contributed by atoms with Crippen molar-refractivity contribution in [2.45, 2.75) is 67.7 Å². The second-order valence-corrected chi connectivity index (χ2v) is 10.1. The van der Waals surface area contributed by atoms with E-state index in [2.05, 4.69) is 57.2 Å². The highest BCUT2D eigenvalue weighted by molar-refractivity contribution is 5.82. The van der Waals surface area contributed by atoms with Crippen molar-refractivity contribution in [3.63, 3.8) is 0 Å². The molecule has 210 valence electrons. The zero-order valence-corrected chi connectivity index (χ0v) is 25.2. The molecular formula is C37H44O3. The van der Waals surface area contributed by atoms with E-state index in [1.54, 1.807) is 13.8 Å². The van der Waals surface area contributed by atoms with Crippen LogP contribution in [0.25, 0.3) is 0 Å². The van der Waals surface area contributed by atoms with Crippen molar-refractivity contribution < 1.29 is 14.4 Å². The maximum atomic E-state index is 11.3. The Morgan fingerprint density at radius 2 is 0.725 bits per heavy atom. The fourth-order valence-electron chi connectivity index (χ4n) is 3.81. The molecule has 0 unspecified atom stereocenters. The standard InChI is InChI=1S/C16H20O3.3C7H8/c1-10(17)5-14-8-15(6-11(2)18)13(4)16(9-14)7-12(3)19;3*1-7-5-3-2-4-6-7/h8-9H,5-7H2,1-4H3;3*2-6H,1H3. The lowest BCUT2D eigenvalue weighted by atomic mass is 9.92. The molecule has 0 aliphatic heterocycles. The second kappa shape index (κ2) is 19.0. The predicted octanol–water partition coefficient (Wildman–Crippen LogP) is 8.37. The third kappa shape index (κ3) is 16.0. The average Bonchev–Trinajstić information content (AvgIpc) is 2.88. The molecule has 4 aromatic carbocycles. The van der Waals surface area contributed by atoms with Gasteiger partial charge in [-0.15, -0.1) is 0 Å². The van der Waals surface area contributed by atoms with Crippen LogP contribution in [0.5, 0.6) is 0 Å². The summed E-state index contributed by atoms with van der Waals surface area (Å²) < 4.78 is 0. The van der Waals surface area contributed by atoms with E-state index >= 15 is 0 Å². The predicted molar refractivity (Wildman–Crippen MR) is 168 cm³/mol. The number of carbonyl (C=O) groups is 3. The molecule has 0 heterocycles. The summed E-state index contributed by atoms with van der Waals surface area (Å²) in [5, 5.41) is 0. The van der Waals surface area contributed by atoms with Crippen LogP contribution in [-0.4, -0.2) is 17.3 Å². The van der Waals surface area contributed by atoms with Crippen molar-refractivity contribution in [3.05, 3.63) is 142 Å². The number of Topliss-reactive ketones (excluding diaryl/α,β-unsaturated/α-hetero) is 3. The van der Waals surface area contributed by atoms with Gasteiger partial charge in [0.1, 0.15) is 17.3 Å². The molecule has 0 saturated carbocycles. The summed E-state index contributed by atoms with van der Waals surface area (Å²) in [6.45, 7) is 12.8. The molecule has 4 aromatic rings. The molecule has 0 bridgehead atoms. The Bertz CT molecular complexity index is 1180. The van der Waals surface area contributed by atoms with Gasteiger partial charge in [0.15, 0.2) is 0 Å². The normalized spacial score (nSPS) is 9.47. The molecule has 0 atom stereocenters. The van der Waals surface area contributed by atoms with Crippen molar-refractivity contribution in [3.8, 4) is 0 Å². The van der Waals surface area contributed by atoms with E-state index in [1.165, 1.54) is 23.6 Å². The van der Waals surface area contributed by atoms with Crippen molar-refractivity contribution in [2.75, 3.05) is 0 Å². The molecule has 0 aromatic heterocycles. The Hall–Kier alpha value is -4.11. The highest BCUT2D eigenvalue weighted by atomic mass is 16.1. The highest BCUT2D eigenvalue weighted by Crippen LogP contribution is 2.20. The SMILES string of the molecule is CC(=O)Cc1cc(CC(C)=O)c(C)c(CC(C)=O)c1.Cc1ccccc1.Cc1ccccc1.Cc1ccccc1. The molecule has 0 radical (unpaired) electrons. The molecule has 3 nitrogen and oxygen atoms in total. The molecule has 4 rings (SSSR count). The molecule has 0 aliphatic carbocycles. The van der Waals surface area contributed by atoms with Gasteiger partial charge in [-0.3, -0.25) is 14.4 Å². The third-order valence-corrected chi connectivity index (χ3v) is 5.84. The van der Waals surface area contributed by atoms with Gasteiger partial charge in [-0.05, 0) is 70.7 Å². The van der Waals surface area contributed by atoms with Crippen LogP contribution in [0.3, 0.4) is 0 Å². The van der Waals surface area contributed by atoms with Crippen molar-refractivity contribution in [1.29, 1.82) is 0 Å². The maximum Gasteiger partial charge on any atom is 0.134 e. The number of ketones is 3. The van der Waals surface area contributed by atoms with E-state index in [0.717, 1.165) is 22.3 Å². The van der Waals surface area contributed by atoms with Gasteiger partial charge in [0.2, 0.25) is 0 Å². The van der Waals surface area contributed by atoms with E-state index in [1.807, 2.05) is 73.7 Å².